The smallest absolute Gasteiger partial charge is 0.361 e. The maximum absolute atomic E-state index is 13.3. The molecule has 1 aliphatic rings. The van der Waals surface area contributed by atoms with Gasteiger partial charge in [-0.15, -0.1) is 0 Å². The lowest BCUT2D eigenvalue weighted by molar-refractivity contribution is -0.130. The van der Waals surface area contributed by atoms with Crippen LogP contribution in [0, 0.1) is 0 Å². The second-order valence-corrected chi connectivity index (χ2v) is 3.75. The summed E-state index contributed by atoms with van der Waals surface area (Å²) in [4.78, 5) is 26.2. The Morgan fingerprint density at radius 3 is 2.50 bits per heavy atom. The number of Topliss-reactive ketones (excluding diaryl/α,β-unsaturated/α-hetero) is 1. The minimum absolute atomic E-state index is 0.392. The lowest BCUT2D eigenvalue weighted by Crippen LogP contribution is -2.29. The molecule has 2 unspecified atom stereocenters. The fourth-order valence-corrected chi connectivity index (χ4v) is 1.54. The van der Waals surface area contributed by atoms with Crippen molar-refractivity contribution in [1.82, 2.24) is 0 Å². The zero-order valence-electron chi connectivity index (χ0n) is 8.98. The second-order valence-electron chi connectivity index (χ2n) is 3.75. The van der Waals surface area contributed by atoms with E-state index in [4.69, 9.17) is 9.94 Å². The molecular weight excluding hydrogens is 217 g/mol. The van der Waals surface area contributed by atoms with Crippen molar-refractivity contribution < 1.29 is 23.9 Å². The highest BCUT2D eigenvalue weighted by molar-refractivity contribution is 6.63. The van der Waals surface area contributed by atoms with Crippen molar-refractivity contribution >= 4 is 17.5 Å². The summed E-state index contributed by atoms with van der Waals surface area (Å²) >= 11 is 0. The van der Waals surface area contributed by atoms with E-state index in [9.17, 15) is 14.0 Å². The molecular formula is C10H14FNO4. The first-order valence-electron chi connectivity index (χ1n) is 5.14. The highest BCUT2D eigenvalue weighted by Gasteiger charge is 2.27. The van der Waals surface area contributed by atoms with E-state index < -0.39 is 29.7 Å². The van der Waals surface area contributed by atoms with Crippen LogP contribution in [-0.4, -0.2) is 34.8 Å². The van der Waals surface area contributed by atoms with Gasteiger partial charge in [-0.1, -0.05) is 11.6 Å². The molecule has 16 heavy (non-hydrogen) atoms. The number of halogens is 1. The first-order chi connectivity index (χ1) is 7.52. The standard InChI is InChI=1S/C10H14FNO4/c1-6(13)9(10(14)15)12-16-8-5-3-2-4-7(8)11/h7-8H,2-5H2,1H3,(H,14,15)/b12-9+. The van der Waals surface area contributed by atoms with Crippen LogP contribution < -0.4 is 0 Å². The fourth-order valence-electron chi connectivity index (χ4n) is 1.54. The Morgan fingerprint density at radius 1 is 1.38 bits per heavy atom. The number of carbonyl (C=O) groups excluding carboxylic acids is 1. The molecule has 0 aliphatic heterocycles. The van der Waals surface area contributed by atoms with Gasteiger partial charge in [0.25, 0.3) is 0 Å². The highest BCUT2D eigenvalue weighted by atomic mass is 19.1. The average molecular weight is 231 g/mol. The summed E-state index contributed by atoms with van der Waals surface area (Å²) in [5, 5.41) is 11.8. The maximum atomic E-state index is 13.3. The van der Waals surface area contributed by atoms with E-state index >= 15 is 0 Å². The van der Waals surface area contributed by atoms with Crippen molar-refractivity contribution in [3.63, 3.8) is 0 Å². The predicted octanol–water partition coefficient (Wildman–Crippen LogP) is 1.31. The third-order valence-corrected chi connectivity index (χ3v) is 2.44. The second kappa shape index (κ2) is 5.58. The van der Waals surface area contributed by atoms with Crippen LogP contribution in [-0.2, 0) is 14.4 Å². The van der Waals surface area contributed by atoms with Gasteiger partial charge in [-0.3, -0.25) is 4.79 Å². The summed E-state index contributed by atoms with van der Waals surface area (Å²) in [5.41, 5.74) is -0.697. The first kappa shape index (κ1) is 12.6. The largest absolute Gasteiger partial charge is 0.476 e. The molecule has 0 heterocycles. The highest BCUT2D eigenvalue weighted by Crippen LogP contribution is 2.23. The molecule has 6 heteroatoms. The summed E-state index contributed by atoms with van der Waals surface area (Å²) in [5.74, 6) is -2.17. The number of oxime groups is 1. The zero-order chi connectivity index (χ0) is 12.1. The van der Waals surface area contributed by atoms with E-state index in [0.717, 1.165) is 19.8 Å². The molecule has 5 nitrogen and oxygen atoms in total. The van der Waals surface area contributed by atoms with Crippen LogP contribution in [0.1, 0.15) is 32.6 Å². The number of hydrogen-bond donors (Lipinski definition) is 1. The monoisotopic (exact) mass is 231 g/mol. The number of hydrogen-bond acceptors (Lipinski definition) is 4. The number of aliphatic carboxylic acids is 1. The van der Waals surface area contributed by atoms with E-state index in [2.05, 4.69) is 5.16 Å². The molecule has 90 valence electrons. The Hall–Kier alpha value is -1.46. The zero-order valence-corrected chi connectivity index (χ0v) is 8.98. The van der Waals surface area contributed by atoms with Crippen molar-refractivity contribution in [2.24, 2.45) is 5.16 Å². The quantitative estimate of drug-likeness (QED) is 0.449. The molecule has 2 atom stereocenters. The van der Waals surface area contributed by atoms with Crippen molar-refractivity contribution in [2.75, 3.05) is 0 Å². The average Bonchev–Trinajstić information content (AvgIpc) is 2.20. The fraction of sp³-hybridized carbons (Fsp3) is 0.700. The van der Waals surface area contributed by atoms with Gasteiger partial charge >= 0.3 is 5.97 Å². The molecule has 0 saturated heterocycles. The predicted molar refractivity (Wildman–Crippen MR) is 54.0 cm³/mol. The van der Waals surface area contributed by atoms with Crippen LogP contribution in [0.3, 0.4) is 0 Å². The summed E-state index contributed by atoms with van der Waals surface area (Å²) in [6.45, 7) is 1.07. The molecule has 0 spiro atoms. The number of rotatable bonds is 4. The van der Waals surface area contributed by atoms with Crippen LogP contribution in [0.5, 0.6) is 0 Å². The van der Waals surface area contributed by atoms with Gasteiger partial charge < -0.3 is 9.94 Å². The Kier molecular flexibility index (Phi) is 4.39. The Labute approximate surface area is 92.3 Å². The molecule has 0 aromatic rings. The van der Waals surface area contributed by atoms with Crippen molar-refractivity contribution in [2.45, 2.75) is 44.9 Å². The van der Waals surface area contributed by atoms with Crippen molar-refractivity contribution in [3.05, 3.63) is 0 Å². The molecule has 1 saturated carbocycles. The van der Waals surface area contributed by atoms with Gasteiger partial charge in [-0.05, 0) is 19.3 Å². The Morgan fingerprint density at radius 2 is 2.00 bits per heavy atom. The first-order valence-corrected chi connectivity index (χ1v) is 5.14. The number of alkyl halides is 1. The van der Waals surface area contributed by atoms with E-state index in [1.807, 2.05) is 0 Å². The van der Waals surface area contributed by atoms with Gasteiger partial charge in [-0.2, -0.15) is 0 Å². The summed E-state index contributed by atoms with van der Waals surface area (Å²) in [6.07, 6.45) is 0.631. The molecule has 1 rings (SSSR count). The third-order valence-electron chi connectivity index (χ3n) is 2.44. The van der Waals surface area contributed by atoms with Gasteiger partial charge in [0.1, 0.15) is 6.17 Å². The van der Waals surface area contributed by atoms with Crippen LogP contribution in [0.2, 0.25) is 0 Å². The van der Waals surface area contributed by atoms with Crippen LogP contribution in [0.15, 0.2) is 5.16 Å². The van der Waals surface area contributed by atoms with Crippen molar-refractivity contribution in [1.29, 1.82) is 0 Å². The third kappa shape index (κ3) is 3.29. The molecule has 0 bridgehead atoms. The molecule has 0 aromatic carbocycles. The molecule has 0 radical (unpaired) electrons. The molecule has 0 amide bonds. The minimum atomic E-state index is -1.46. The summed E-state index contributed by atoms with van der Waals surface area (Å²) in [6, 6.07) is 0. The lowest BCUT2D eigenvalue weighted by Gasteiger charge is -2.23. The van der Waals surface area contributed by atoms with Crippen LogP contribution >= 0.6 is 0 Å². The number of nitrogens with zero attached hydrogens (tertiary/aromatic N) is 1. The number of ketones is 1. The van der Waals surface area contributed by atoms with E-state index in [1.54, 1.807) is 0 Å². The van der Waals surface area contributed by atoms with Gasteiger partial charge in [-0.25, -0.2) is 9.18 Å². The molecule has 1 aliphatic carbocycles. The van der Waals surface area contributed by atoms with Crippen molar-refractivity contribution in [3.8, 4) is 0 Å². The topological polar surface area (TPSA) is 76.0 Å². The number of carboxylic acids is 1. The van der Waals surface area contributed by atoms with E-state index in [-0.39, 0.29) is 0 Å². The van der Waals surface area contributed by atoms with E-state index in [0.29, 0.717) is 12.8 Å². The van der Waals surface area contributed by atoms with Gasteiger partial charge in [0.15, 0.2) is 11.9 Å². The maximum Gasteiger partial charge on any atom is 0.361 e. The normalized spacial score (nSPS) is 26.2. The van der Waals surface area contributed by atoms with Gasteiger partial charge in [0.05, 0.1) is 0 Å². The van der Waals surface area contributed by atoms with Gasteiger partial charge in [0.2, 0.25) is 5.71 Å². The van der Waals surface area contributed by atoms with Crippen LogP contribution in [0.25, 0.3) is 0 Å². The minimum Gasteiger partial charge on any atom is -0.476 e. The lowest BCUT2D eigenvalue weighted by atomic mass is 9.96. The number of carboxylic acid groups (broad SMARTS) is 1. The molecule has 1 N–H and O–H groups in total. The Balaban J connectivity index is 2.61. The molecule has 0 aromatic heterocycles. The van der Waals surface area contributed by atoms with Crippen LogP contribution in [0.4, 0.5) is 4.39 Å². The summed E-state index contributed by atoms with van der Waals surface area (Å²) < 4.78 is 13.3. The van der Waals surface area contributed by atoms with E-state index in [1.165, 1.54) is 0 Å². The number of carbonyl (C=O) groups is 2. The SMILES string of the molecule is CC(=O)/C(=N\OC1CCCCC1F)C(=O)O. The Bertz CT molecular complexity index is 300. The molecule has 1 fully saturated rings. The summed E-state index contributed by atoms with van der Waals surface area (Å²) in [7, 11) is 0. The van der Waals surface area contributed by atoms with Gasteiger partial charge in [0, 0.05) is 6.92 Å².